The van der Waals surface area contributed by atoms with Crippen molar-refractivity contribution in [3.8, 4) is 5.75 Å². The van der Waals surface area contributed by atoms with E-state index in [0.717, 1.165) is 11.1 Å². The maximum atomic E-state index is 13.4. The lowest BCUT2D eigenvalue weighted by atomic mass is 10.0. The van der Waals surface area contributed by atoms with Crippen LogP contribution in [-0.4, -0.2) is 12.6 Å². The number of fused-ring (bicyclic) bond motifs is 1. The molecule has 1 fully saturated rings. The van der Waals surface area contributed by atoms with Gasteiger partial charge >= 0.3 is 0 Å². The number of rotatable bonds is 2. The van der Waals surface area contributed by atoms with Gasteiger partial charge in [0.15, 0.2) is 11.6 Å². The van der Waals surface area contributed by atoms with Gasteiger partial charge < -0.3 is 10.1 Å². The zero-order valence-corrected chi connectivity index (χ0v) is 8.72. The molecular weight excluding hydrogens is 193 g/mol. The maximum Gasteiger partial charge on any atom is 0.165 e. The molecule has 1 heterocycles. The van der Waals surface area contributed by atoms with E-state index in [4.69, 9.17) is 4.74 Å². The van der Waals surface area contributed by atoms with Gasteiger partial charge in [-0.1, -0.05) is 6.07 Å². The van der Waals surface area contributed by atoms with Crippen molar-refractivity contribution in [1.82, 2.24) is 5.32 Å². The summed E-state index contributed by atoms with van der Waals surface area (Å²) in [5, 5.41) is 3.49. The van der Waals surface area contributed by atoms with Crippen LogP contribution in [-0.2, 0) is 0 Å². The predicted molar refractivity (Wildman–Crippen MR) is 55.5 cm³/mol. The molecular formula is C12H14FNO. The van der Waals surface area contributed by atoms with Crippen LogP contribution in [0.15, 0.2) is 12.1 Å². The van der Waals surface area contributed by atoms with Crippen molar-refractivity contribution in [3.63, 3.8) is 0 Å². The molecule has 0 saturated heterocycles. The molecule has 0 aromatic heterocycles. The van der Waals surface area contributed by atoms with Crippen LogP contribution < -0.4 is 10.1 Å². The molecule has 1 N–H and O–H groups in total. The Morgan fingerprint density at radius 2 is 2.20 bits per heavy atom. The number of hydrogen-bond acceptors (Lipinski definition) is 2. The molecule has 0 spiro atoms. The molecule has 1 saturated carbocycles. The summed E-state index contributed by atoms with van der Waals surface area (Å²) in [5.41, 5.74) is 2.13. The minimum absolute atomic E-state index is 0.184. The SMILES string of the molecule is Cc1ccc(F)c2c1C(NC1CC1)CO2. The van der Waals surface area contributed by atoms with E-state index in [1.807, 2.05) is 13.0 Å². The van der Waals surface area contributed by atoms with E-state index in [2.05, 4.69) is 5.32 Å². The van der Waals surface area contributed by atoms with Gasteiger partial charge in [0.1, 0.15) is 6.61 Å². The molecule has 1 aliphatic carbocycles. The van der Waals surface area contributed by atoms with Crippen LogP contribution in [0.5, 0.6) is 5.75 Å². The lowest BCUT2D eigenvalue weighted by Gasteiger charge is -2.12. The average Bonchev–Trinajstić information content (AvgIpc) is 2.91. The first-order valence-electron chi connectivity index (χ1n) is 5.43. The zero-order chi connectivity index (χ0) is 10.4. The van der Waals surface area contributed by atoms with Crippen LogP contribution in [0.1, 0.15) is 30.0 Å². The Kier molecular flexibility index (Phi) is 1.96. The molecule has 3 rings (SSSR count). The Labute approximate surface area is 88.4 Å². The third kappa shape index (κ3) is 1.51. The number of halogens is 1. The second-order valence-electron chi connectivity index (χ2n) is 4.41. The highest BCUT2D eigenvalue weighted by molar-refractivity contribution is 5.46. The van der Waals surface area contributed by atoms with Crippen LogP contribution in [0.25, 0.3) is 0 Å². The number of nitrogens with one attached hydrogen (secondary N) is 1. The van der Waals surface area contributed by atoms with Gasteiger partial charge in [-0.25, -0.2) is 4.39 Å². The third-order valence-electron chi connectivity index (χ3n) is 3.12. The fourth-order valence-corrected chi connectivity index (χ4v) is 2.17. The standard InChI is InChI=1S/C12H14FNO/c1-7-2-5-9(13)12-11(7)10(6-15-12)14-8-3-4-8/h2,5,8,10,14H,3-4,6H2,1H3. The van der Waals surface area contributed by atoms with Crippen molar-refractivity contribution in [3.05, 3.63) is 29.1 Å². The largest absolute Gasteiger partial charge is 0.488 e. The second kappa shape index (κ2) is 3.20. The molecule has 3 heteroatoms. The highest BCUT2D eigenvalue weighted by atomic mass is 19.1. The van der Waals surface area contributed by atoms with E-state index < -0.39 is 0 Å². The highest BCUT2D eigenvalue weighted by Crippen LogP contribution is 2.38. The number of ether oxygens (including phenoxy) is 1. The van der Waals surface area contributed by atoms with Crippen molar-refractivity contribution in [1.29, 1.82) is 0 Å². The molecule has 80 valence electrons. The molecule has 1 aliphatic heterocycles. The van der Waals surface area contributed by atoms with Gasteiger partial charge in [-0.05, 0) is 31.4 Å². The Balaban J connectivity index is 1.96. The Morgan fingerprint density at radius 1 is 1.40 bits per heavy atom. The molecule has 1 aromatic carbocycles. The Hall–Kier alpha value is -1.09. The fraction of sp³-hybridized carbons (Fsp3) is 0.500. The number of benzene rings is 1. The summed E-state index contributed by atoms with van der Waals surface area (Å²) in [6, 6.07) is 4.10. The van der Waals surface area contributed by atoms with E-state index in [1.165, 1.54) is 18.9 Å². The minimum atomic E-state index is -0.240. The van der Waals surface area contributed by atoms with Gasteiger partial charge in [0.2, 0.25) is 0 Å². The van der Waals surface area contributed by atoms with Gasteiger partial charge in [-0.15, -0.1) is 0 Å². The first-order chi connectivity index (χ1) is 7.25. The molecule has 2 aliphatic rings. The van der Waals surface area contributed by atoms with Crippen molar-refractivity contribution < 1.29 is 9.13 Å². The van der Waals surface area contributed by atoms with Crippen LogP contribution in [0.2, 0.25) is 0 Å². The summed E-state index contributed by atoms with van der Waals surface area (Å²) in [6.07, 6.45) is 2.47. The summed E-state index contributed by atoms with van der Waals surface area (Å²) < 4.78 is 18.9. The van der Waals surface area contributed by atoms with E-state index in [0.29, 0.717) is 18.4 Å². The van der Waals surface area contributed by atoms with Gasteiger partial charge in [0.25, 0.3) is 0 Å². The summed E-state index contributed by atoms with van der Waals surface area (Å²) in [5.74, 6) is 0.212. The van der Waals surface area contributed by atoms with Crippen molar-refractivity contribution in [2.75, 3.05) is 6.61 Å². The van der Waals surface area contributed by atoms with E-state index >= 15 is 0 Å². The monoisotopic (exact) mass is 207 g/mol. The molecule has 2 nitrogen and oxygen atoms in total. The van der Waals surface area contributed by atoms with Crippen molar-refractivity contribution in [2.24, 2.45) is 0 Å². The summed E-state index contributed by atoms with van der Waals surface area (Å²) in [4.78, 5) is 0. The molecule has 15 heavy (non-hydrogen) atoms. The molecule has 1 atom stereocenters. The van der Waals surface area contributed by atoms with Crippen LogP contribution in [0.4, 0.5) is 4.39 Å². The van der Waals surface area contributed by atoms with Gasteiger partial charge in [-0.2, -0.15) is 0 Å². The van der Waals surface area contributed by atoms with E-state index in [9.17, 15) is 4.39 Å². The lowest BCUT2D eigenvalue weighted by molar-refractivity contribution is 0.299. The van der Waals surface area contributed by atoms with Gasteiger partial charge in [-0.3, -0.25) is 0 Å². The topological polar surface area (TPSA) is 21.3 Å². The fourth-order valence-electron chi connectivity index (χ4n) is 2.17. The minimum Gasteiger partial charge on any atom is -0.488 e. The summed E-state index contributed by atoms with van der Waals surface area (Å²) >= 11 is 0. The average molecular weight is 207 g/mol. The first kappa shape index (κ1) is 9.16. The van der Waals surface area contributed by atoms with Crippen LogP contribution in [0.3, 0.4) is 0 Å². The number of aryl methyl sites for hydroxylation is 1. The van der Waals surface area contributed by atoms with Crippen LogP contribution in [0, 0.1) is 12.7 Å². The number of hydrogen-bond donors (Lipinski definition) is 1. The van der Waals surface area contributed by atoms with E-state index in [-0.39, 0.29) is 11.9 Å². The van der Waals surface area contributed by atoms with E-state index in [1.54, 1.807) is 0 Å². The Morgan fingerprint density at radius 3 is 2.93 bits per heavy atom. The van der Waals surface area contributed by atoms with Gasteiger partial charge in [0, 0.05) is 11.6 Å². The highest BCUT2D eigenvalue weighted by Gasteiger charge is 2.33. The van der Waals surface area contributed by atoms with Crippen molar-refractivity contribution >= 4 is 0 Å². The van der Waals surface area contributed by atoms with Gasteiger partial charge in [0.05, 0.1) is 6.04 Å². The lowest BCUT2D eigenvalue weighted by Crippen LogP contribution is -2.24. The Bertz CT molecular complexity index is 401. The first-order valence-corrected chi connectivity index (χ1v) is 5.43. The van der Waals surface area contributed by atoms with Crippen molar-refractivity contribution in [2.45, 2.75) is 31.8 Å². The third-order valence-corrected chi connectivity index (χ3v) is 3.12. The predicted octanol–water partition coefficient (Wildman–Crippen LogP) is 2.32. The quantitative estimate of drug-likeness (QED) is 0.803. The van der Waals surface area contributed by atoms with Crippen LogP contribution >= 0.6 is 0 Å². The maximum absolute atomic E-state index is 13.4. The molecule has 1 aromatic rings. The zero-order valence-electron chi connectivity index (χ0n) is 8.72. The molecule has 1 unspecified atom stereocenters. The molecule has 0 radical (unpaired) electrons. The molecule has 0 amide bonds. The second-order valence-corrected chi connectivity index (χ2v) is 4.41. The molecule has 0 bridgehead atoms. The summed E-state index contributed by atoms with van der Waals surface area (Å²) in [7, 11) is 0. The normalized spacial score (nSPS) is 23.7. The summed E-state index contributed by atoms with van der Waals surface area (Å²) in [6.45, 7) is 2.57. The smallest absolute Gasteiger partial charge is 0.165 e.